The average Bonchev–Trinajstić information content (AvgIpc) is 3.29. The molecule has 1 saturated heterocycles. The Kier molecular flexibility index (Phi) is 7.14. The number of rotatable bonds is 7. The van der Waals surface area contributed by atoms with Crippen molar-refractivity contribution in [2.45, 2.75) is 37.7 Å². The highest BCUT2D eigenvalue weighted by Crippen LogP contribution is 2.41. The van der Waals surface area contributed by atoms with Crippen LogP contribution in [0.3, 0.4) is 0 Å². The highest BCUT2D eigenvalue weighted by Gasteiger charge is 2.39. The molecular weight excluding hydrogens is 467 g/mol. The molecule has 0 radical (unpaired) electrons. The van der Waals surface area contributed by atoms with Gasteiger partial charge in [-0.3, -0.25) is 9.69 Å². The van der Waals surface area contributed by atoms with Crippen LogP contribution >= 0.6 is 11.6 Å². The van der Waals surface area contributed by atoms with Crippen LogP contribution < -0.4 is 4.74 Å². The Labute approximate surface area is 200 Å². The van der Waals surface area contributed by atoms with Gasteiger partial charge in [-0.05, 0) is 59.9 Å². The molecule has 178 valence electrons. The molecule has 34 heavy (non-hydrogen) atoms. The number of carboxylic acid groups (broad SMARTS) is 1. The van der Waals surface area contributed by atoms with Gasteiger partial charge in [0.2, 0.25) is 0 Å². The molecule has 0 aromatic heterocycles. The molecule has 0 amide bonds. The number of alkyl halides is 3. The Balaban J connectivity index is 1.75. The molecule has 1 N–H and O–H groups in total. The van der Waals surface area contributed by atoms with Crippen molar-refractivity contribution in [2.24, 2.45) is 0 Å². The fourth-order valence-electron chi connectivity index (χ4n) is 4.36. The zero-order chi connectivity index (χ0) is 24.3. The third kappa shape index (κ3) is 5.37. The van der Waals surface area contributed by atoms with Gasteiger partial charge in [0.15, 0.2) is 0 Å². The third-order valence-electron chi connectivity index (χ3n) is 5.95. The first kappa shape index (κ1) is 24.1. The SMILES string of the molecule is O=C(O)C1CCCN1C(c1cccc(OCc2ccccc2)c1)c1cc(C(F)(F)F)ccc1Cl. The van der Waals surface area contributed by atoms with E-state index in [4.69, 9.17) is 16.3 Å². The van der Waals surface area contributed by atoms with Gasteiger partial charge in [-0.25, -0.2) is 0 Å². The minimum atomic E-state index is -4.55. The number of carboxylic acids is 1. The van der Waals surface area contributed by atoms with Crippen molar-refractivity contribution in [3.8, 4) is 5.75 Å². The average molecular weight is 490 g/mol. The van der Waals surface area contributed by atoms with Gasteiger partial charge in [-0.1, -0.05) is 54.1 Å². The Morgan fingerprint density at radius 1 is 1.09 bits per heavy atom. The summed E-state index contributed by atoms with van der Waals surface area (Å²) in [6, 6.07) is 18.1. The van der Waals surface area contributed by atoms with Gasteiger partial charge >= 0.3 is 12.1 Å². The van der Waals surface area contributed by atoms with Gasteiger partial charge in [-0.15, -0.1) is 0 Å². The molecule has 4 nitrogen and oxygen atoms in total. The summed E-state index contributed by atoms with van der Waals surface area (Å²) in [5.41, 5.74) is 0.958. The van der Waals surface area contributed by atoms with E-state index in [-0.39, 0.29) is 10.6 Å². The number of hydrogen-bond acceptors (Lipinski definition) is 3. The van der Waals surface area contributed by atoms with E-state index in [0.717, 1.165) is 17.7 Å². The first-order valence-electron chi connectivity index (χ1n) is 10.9. The Morgan fingerprint density at radius 2 is 1.85 bits per heavy atom. The second kappa shape index (κ2) is 10.1. The number of ether oxygens (including phenoxy) is 1. The highest BCUT2D eigenvalue weighted by atomic mass is 35.5. The largest absolute Gasteiger partial charge is 0.489 e. The summed E-state index contributed by atoms with van der Waals surface area (Å²) in [5, 5.41) is 9.91. The van der Waals surface area contributed by atoms with Gasteiger partial charge in [0, 0.05) is 11.6 Å². The quantitative estimate of drug-likeness (QED) is 0.407. The van der Waals surface area contributed by atoms with Gasteiger partial charge in [0.1, 0.15) is 18.4 Å². The molecule has 0 bridgehead atoms. The Morgan fingerprint density at radius 3 is 2.56 bits per heavy atom. The van der Waals surface area contributed by atoms with Crippen molar-refractivity contribution in [3.63, 3.8) is 0 Å². The van der Waals surface area contributed by atoms with E-state index in [1.54, 1.807) is 29.2 Å². The number of benzene rings is 3. The molecular formula is C26H23ClF3NO3. The van der Waals surface area contributed by atoms with Crippen LogP contribution in [0.2, 0.25) is 5.02 Å². The van der Waals surface area contributed by atoms with Crippen LogP contribution in [0.5, 0.6) is 5.75 Å². The monoisotopic (exact) mass is 489 g/mol. The molecule has 1 heterocycles. The number of likely N-dealkylation sites (tertiary alicyclic amines) is 1. The van der Waals surface area contributed by atoms with E-state index >= 15 is 0 Å². The number of aliphatic carboxylic acids is 1. The summed E-state index contributed by atoms with van der Waals surface area (Å²) in [6.45, 7) is 0.740. The molecule has 1 fully saturated rings. The molecule has 1 aliphatic rings. The van der Waals surface area contributed by atoms with Crippen LogP contribution in [0.1, 0.15) is 41.1 Å². The lowest BCUT2D eigenvalue weighted by Crippen LogP contribution is -2.39. The van der Waals surface area contributed by atoms with Crippen molar-refractivity contribution in [2.75, 3.05) is 6.54 Å². The minimum absolute atomic E-state index is 0.143. The van der Waals surface area contributed by atoms with E-state index in [0.29, 0.717) is 37.3 Å². The maximum Gasteiger partial charge on any atom is 0.416 e. The topological polar surface area (TPSA) is 49.8 Å². The van der Waals surface area contributed by atoms with Gasteiger partial charge < -0.3 is 9.84 Å². The van der Waals surface area contributed by atoms with Crippen LogP contribution in [0.15, 0.2) is 72.8 Å². The maximum absolute atomic E-state index is 13.5. The molecule has 8 heteroatoms. The van der Waals surface area contributed by atoms with Crippen molar-refractivity contribution < 1.29 is 27.8 Å². The first-order chi connectivity index (χ1) is 16.2. The van der Waals surface area contributed by atoms with Gasteiger partial charge in [0.25, 0.3) is 0 Å². The minimum Gasteiger partial charge on any atom is -0.489 e. The van der Waals surface area contributed by atoms with E-state index in [2.05, 4.69) is 0 Å². The van der Waals surface area contributed by atoms with E-state index in [1.807, 2.05) is 30.3 Å². The number of nitrogens with zero attached hydrogens (tertiary/aromatic N) is 1. The summed E-state index contributed by atoms with van der Waals surface area (Å²) in [6.07, 6.45) is -3.53. The smallest absolute Gasteiger partial charge is 0.416 e. The van der Waals surface area contributed by atoms with E-state index in [9.17, 15) is 23.1 Å². The summed E-state index contributed by atoms with van der Waals surface area (Å²) < 4.78 is 46.4. The maximum atomic E-state index is 13.5. The Bertz CT molecular complexity index is 1150. The standard InChI is InChI=1S/C26H23ClF3NO3/c27-22-12-11-19(26(28,29)30)15-21(22)24(31-13-5-10-23(31)25(32)33)18-8-4-9-20(14-18)34-16-17-6-2-1-3-7-17/h1-4,6-9,11-12,14-15,23-24H,5,10,13,16H2,(H,32,33). The predicted octanol–water partition coefficient (Wildman–Crippen LogP) is 6.58. The van der Waals surface area contributed by atoms with Crippen LogP contribution in [0, 0.1) is 0 Å². The van der Waals surface area contributed by atoms with Crippen LogP contribution in [-0.4, -0.2) is 28.6 Å². The van der Waals surface area contributed by atoms with Crippen molar-refractivity contribution in [1.29, 1.82) is 0 Å². The van der Waals surface area contributed by atoms with Gasteiger partial charge in [-0.2, -0.15) is 13.2 Å². The lowest BCUT2D eigenvalue weighted by atomic mass is 9.94. The normalized spacial score (nSPS) is 17.5. The summed E-state index contributed by atoms with van der Waals surface area (Å²) in [4.78, 5) is 13.6. The number of hydrogen-bond donors (Lipinski definition) is 1. The molecule has 3 aromatic carbocycles. The molecule has 2 atom stereocenters. The second-order valence-electron chi connectivity index (χ2n) is 8.22. The van der Waals surface area contributed by atoms with Crippen molar-refractivity contribution in [1.82, 2.24) is 4.90 Å². The zero-order valence-electron chi connectivity index (χ0n) is 18.1. The fraction of sp³-hybridized carbons (Fsp3) is 0.269. The number of carbonyl (C=O) groups is 1. The molecule has 3 aromatic rings. The van der Waals surface area contributed by atoms with Crippen LogP contribution in [-0.2, 0) is 17.6 Å². The van der Waals surface area contributed by atoms with Crippen molar-refractivity contribution >= 4 is 17.6 Å². The Hall–Kier alpha value is -3.03. The van der Waals surface area contributed by atoms with E-state index < -0.39 is 29.8 Å². The third-order valence-corrected chi connectivity index (χ3v) is 6.30. The highest BCUT2D eigenvalue weighted by molar-refractivity contribution is 6.31. The van der Waals surface area contributed by atoms with Gasteiger partial charge in [0.05, 0.1) is 11.6 Å². The molecule has 4 rings (SSSR count). The molecule has 0 aliphatic carbocycles. The first-order valence-corrected chi connectivity index (χ1v) is 11.2. The second-order valence-corrected chi connectivity index (χ2v) is 8.62. The van der Waals surface area contributed by atoms with Crippen LogP contribution in [0.4, 0.5) is 13.2 Å². The molecule has 2 unspecified atom stereocenters. The fourth-order valence-corrected chi connectivity index (χ4v) is 4.58. The molecule has 0 spiro atoms. The lowest BCUT2D eigenvalue weighted by Gasteiger charge is -2.33. The lowest BCUT2D eigenvalue weighted by molar-refractivity contribution is -0.143. The summed E-state index contributed by atoms with van der Waals surface area (Å²) >= 11 is 6.40. The van der Waals surface area contributed by atoms with Crippen LogP contribution in [0.25, 0.3) is 0 Å². The van der Waals surface area contributed by atoms with Crippen molar-refractivity contribution in [3.05, 3.63) is 100 Å². The molecule has 0 saturated carbocycles. The predicted molar refractivity (Wildman–Crippen MR) is 123 cm³/mol. The summed E-state index contributed by atoms with van der Waals surface area (Å²) in [5.74, 6) is -0.484. The van der Waals surface area contributed by atoms with E-state index in [1.165, 1.54) is 6.07 Å². The number of halogens is 4. The zero-order valence-corrected chi connectivity index (χ0v) is 18.9. The molecule has 1 aliphatic heterocycles. The summed E-state index contributed by atoms with van der Waals surface area (Å²) in [7, 11) is 0.